The second-order valence-corrected chi connectivity index (χ2v) is 10.0. The van der Waals surface area contributed by atoms with Gasteiger partial charge in [0.2, 0.25) is 11.7 Å². The van der Waals surface area contributed by atoms with Gasteiger partial charge in [-0.25, -0.2) is 0 Å². The van der Waals surface area contributed by atoms with E-state index in [9.17, 15) is 4.79 Å². The number of aromatic nitrogens is 3. The molecule has 3 rings (SSSR count). The van der Waals surface area contributed by atoms with E-state index in [4.69, 9.17) is 14.2 Å². The Morgan fingerprint density at radius 3 is 2.12 bits per heavy atom. The van der Waals surface area contributed by atoms with E-state index in [1.807, 2.05) is 12.1 Å². The average Bonchev–Trinajstić information content (AvgIpc) is 3.24. The van der Waals surface area contributed by atoms with Gasteiger partial charge in [-0.2, -0.15) is 0 Å². The molecule has 1 aliphatic carbocycles. The number of thioether (sulfide) groups is 1. The lowest BCUT2D eigenvalue weighted by Gasteiger charge is -2.28. The molecule has 9 heteroatoms. The van der Waals surface area contributed by atoms with Crippen LogP contribution in [0.3, 0.4) is 0 Å². The van der Waals surface area contributed by atoms with Crippen molar-refractivity contribution in [2.45, 2.75) is 62.4 Å². The number of nitrogens with zero attached hydrogens (tertiary/aromatic N) is 4. The monoisotopic (exact) mass is 476 g/mol. The highest BCUT2D eigenvalue weighted by Crippen LogP contribution is 2.43. The molecule has 1 heterocycles. The third-order valence-corrected chi connectivity index (χ3v) is 7.54. The number of amides is 1. The summed E-state index contributed by atoms with van der Waals surface area (Å²) >= 11 is 1.51. The summed E-state index contributed by atoms with van der Waals surface area (Å²) in [7, 11) is 8.40. The molecule has 1 unspecified atom stereocenters. The number of carbonyl (C=O) groups is 1. The van der Waals surface area contributed by atoms with Crippen LogP contribution >= 0.6 is 11.8 Å². The zero-order valence-electron chi connectivity index (χ0n) is 20.8. The first-order valence-electron chi connectivity index (χ1n) is 11.4. The van der Waals surface area contributed by atoms with Gasteiger partial charge in [-0.05, 0) is 30.9 Å². The van der Waals surface area contributed by atoms with Gasteiger partial charge in [0.05, 0.1) is 26.6 Å². The minimum atomic E-state index is -0.237. The standard InChI is InChI=1S/C24H36N4O4S/c1-15(2)21(23(29)27(3)4)33-24-26-25-22(28(24)17-11-9-8-10-12-17)16-13-18(30-5)20(32-7)19(14-16)31-6/h13-15,17,21H,8-12H2,1-7H3. The normalized spacial score (nSPS) is 15.4. The third-order valence-electron chi connectivity index (χ3n) is 6.05. The summed E-state index contributed by atoms with van der Waals surface area (Å²) in [5.41, 5.74) is 0.842. The summed E-state index contributed by atoms with van der Waals surface area (Å²) in [5, 5.41) is 9.72. The largest absolute Gasteiger partial charge is 0.493 e. The molecule has 1 atom stereocenters. The van der Waals surface area contributed by atoms with Gasteiger partial charge in [-0.3, -0.25) is 9.36 Å². The van der Waals surface area contributed by atoms with E-state index in [1.165, 1.54) is 31.0 Å². The van der Waals surface area contributed by atoms with Crippen molar-refractivity contribution in [2.75, 3.05) is 35.4 Å². The topological polar surface area (TPSA) is 78.7 Å². The lowest BCUT2D eigenvalue weighted by molar-refractivity contribution is -0.128. The molecule has 1 fully saturated rings. The molecule has 0 bridgehead atoms. The summed E-state index contributed by atoms with van der Waals surface area (Å²) < 4.78 is 18.9. The van der Waals surface area contributed by atoms with Crippen molar-refractivity contribution in [3.05, 3.63) is 12.1 Å². The smallest absolute Gasteiger partial charge is 0.235 e. The number of hydrogen-bond donors (Lipinski definition) is 0. The van der Waals surface area contributed by atoms with E-state index >= 15 is 0 Å². The van der Waals surface area contributed by atoms with Crippen molar-refractivity contribution in [2.24, 2.45) is 5.92 Å². The molecule has 33 heavy (non-hydrogen) atoms. The summed E-state index contributed by atoms with van der Waals surface area (Å²) in [6, 6.07) is 4.10. The molecule has 0 spiro atoms. The van der Waals surface area contributed by atoms with Crippen LogP contribution in [0.1, 0.15) is 52.0 Å². The van der Waals surface area contributed by atoms with Crippen LogP contribution < -0.4 is 14.2 Å². The second kappa shape index (κ2) is 11.1. The van der Waals surface area contributed by atoms with E-state index in [2.05, 4.69) is 28.6 Å². The molecule has 1 saturated carbocycles. The lowest BCUT2D eigenvalue weighted by atomic mass is 9.95. The Balaban J connectivity index is 2.12. The van der Waals surface area contributed by atoms with Crippen molar-refractivity contribution in [1.82, 2.24) is 19.7 Å². The van der Waals surface area contributed by atoms with Crippen molar-refractivity contribution in [3.63, 3.8) is 0 Å². The molecule has 1 aromatic heterocycles. The highest BCUT2D eigenvalue weighted by molar-refractivity contribution is 8.00. The fourth-order valence-corrected chi connectivity index (χ4v) is 5.52. The lowest BCUT2D eigenvalue weighted by Crippen LogP contribution is -2.35. The summed E-state index contributed by atoms with van der Waals surface area (Å²) in [4.78, 5) is 14.5. The fraction of sp³-hybridized carbons (Fsp3) is 0.625. The molecule has 2 aromatic rings. The van der Waals surface area contributed by atoms with Gasteiger partial charge < -0.3 is 19.1 Å². The van der Waals surface area contributed by atoms with Crippen molar-refractivity contribution in [3.8, 4) is 28.6 Å². The third kappa shape index (κ3) is 5.39. The first-order chi connectivity index (χ1) is 15.8. The molecule has 182 valence electrons. The zero-order chi connectivity index (χ0) is 24.1. The number of benzene rings is 1. The summed E-state index contributed by atoms with van der Waals surface area (Å²) in [6.07, 6.45) is 5.72. The number of methoxy groups -OCH3 is 3. The van der Waals surface area contributed by atoms with Crippen LogP contribution in [-0.4, -0.2) is 66.2 Å². The first kappa shape index (κ1) is 25.2. The van der Waals surface area contributed by atoms with Gasteiger partial charge >= 0.3 is 0 Å². The SMILES string of the molecule is COc1cc(-c2nnc(SC(C(=O)N(C)C)C(C)C)n2C2CCCCC2)cc(OC)c1OC. The van der Waals surface area contributed by atoms with Crippen LogP contribution in [0.5, 0.6) is 17.2 Å². The highest BCUT2D eigenvalue weighted by atomic mass is 32.2. The van der Waals surface area contributed by atoms with E-state index in [0.29, 0.717) is 17.2 Å². The Morgan fingerprint density at radius 1 is 1.03 bits per heavy atom. The molecular weight excluding hydrogens is 440 g/mol. The molecule has 0 N–H and O–H groups in total. The Labute approximate surface area is 201 Å². The average molecular weight is 477 g/mol. The maximum atomic E-state index is 12.9. The summed E-state index contributed by atoms with van der Waals surface area (Å²) in [6.45, 7) is 4.14. The first-order valence-corrected chi connectivity index (χ1v) is 12.3. The fourth-order valence-electron chi connectivity index (χ4n) is 4.27. The van der Waals surface area contributed by atoms with Gasteiger partial charge in [0.25, 0.3) is 0 Å². The Kier molecular flexibility index (Phi) is 8.51. The molecule has 0 radical (unpaired) electrons. The molecule has 1 aromatic carbocycles. The van der Waals surface area contributed by atoms with Crippen molar-refractivity contribution in [1.29, 1.82) is 0 Å². The molecule has 0 saturated heterocycles. The molecule has 0 aliphatic heterocycles. The van der Waals surface area contributed by atoms with Gasteiger partial charge in [0, 0.05) is 25.7 Å². The molecule has 8 nitrogen and oxygen atoms in total. The highest BCUT2D eigenvalue weighted by Gasteiger charge is 2.31. The predicted molar refractivity (Wildman–Crippen MR) is 130 cm³/mol. The van der Waals surface area contributed by atoms with Crippen LogP contribution in [0.15, 0.2) is 17.3 Å². The Bertz CT molecular complexity index is 929. The van der Waals surface area contributed by atoms with Crippen molar-refractivity contribution >= 4 is 17.7 Å². The van der Waals surface area contributed by atoms with E-state index < -0.39 is 0 Å². The van der Waals surface area contributed by atoms with E-state index in [-0.39, 0.29) is 23.1 Å². The van der Waals surface area contributed by atoms with Crippen LogP contribution in [0.4, 0.5) is 0 Å². The zero-order valence-corrected chi connectivity index (χ0v) is 21.6. The Morgan fingerprint density at radius 2 is 1.64 bits per heavy atom. The Hall–Kier alpha value is -2.42. The van der Waals surface area contributed by atoms with Gasteiger partial charge in [-0.15, -0.1) is 10.2 Å². The van der Waals surface area contributed by atoms with Crippen LogP contribution in [0, 0.1) is 5.92 Å². The second-order valence-electron chi connectivity index (χ2n) is 8.90. The minimum Gasteiger partial charge on any atom is -0.493 e. The van der Waals surface area contributed by atoms with Crippen LogP contribution in [-0.2, 0) is 4.79 Å². The molecular formula is C24H36N4O4S. The number of ether oxygens (including phenoxy) is 3. The van der Waals surface area contributed by atoms with E-state index in [1.54, 1.807) is 40.3 Å². The van der Waals surface area contributed by atoms with Gasteiger partial charge in [0.1, 0.15) is 0 Å². The maximum absolute atomic E-state index is 12.9. The number of rotatable bonds is 9. The predicted octanol–water partition coefficient (Wildman–Crippen LogP) is 4.68. The van der Waals surface area contributed by atoms with Crippen molar-refractivity contribution < 1.29 is 19.0 Å². The van der Waals surface area contributed by atoms with E-state index in [0.717, 1.165) is 29.4 Å². The van der Waals surface area contributed by atoms with Crippen LogP contribution in [0.25, 0.3) is 11.4 Å². The van der Waals surface area contributed by atoms with Gasteiger partial charge in [0.15, 0.2) is 22.5 Å². The minimum absolute atomic E-state index is 0.0857. The maximum Gasteiger partial charge on any atom is 0.235 e. The molecule has 1 aliphatic rings. The molecule has 1 amide bonds. The summed E-state index contributed by atoms with van der Waals surface area (Å²) in [5.74, 6) is 2.68. The number of carbonyl (C=O) groups excluding carboxylic acids is 1. The van der Waals surface area contributed by atoms with Gasteiger partial charge in [-0.1, -0.05) is 44.9 Å². The van der Waals surface area contributed by atoms with Crippen LogP contribution in [0.2, 0.25) is 0 Å². The quantitative estimate of drug-likeness (QED) is 0.486. The number of hydrogen-bond acceptors (Lipinski definition) is 7.